The fraction of sp³-hybridized carbons (Fsp3) is 0.231. The van der Waals surface area contributed by atoms with Crippen molar-refractivity contribution < 1.29 is 0 Å². The van der Waals surface area contributed by atoms with E-state index in [-0.39, 0.29) is 0 Å². The summed E-state index contributed by atoms with van der Waals surface area (Å²) in [4.78, 5) is 9.30. The molecule has 2 aromatic carbocycles. The summed E-state index contributed by atoms with van der Waals surface area (Å²) >= 11 is 5.96. The molecule has 1 aliphatic carbocycles. The molecular formula is C26H23ClN4. The van der Waals surface area contributed by atoms with Crippen molar-refractivity contribution in [3.05, 3.63) is 77.1 Å². The maximum atomic E-state index is 5.96. The highest BCUT2D eigenvalue weighted by atomic mass is 35.5. The first-order valence-corrected chi connectivity index (χ1v) is 11.0. The van der Waals surface area contributed by atoms with Crippen molar-refractivity contribution in [2.45, 2.75) is 31.7 Å². The third-order valence-electron chi connectivity index (χ3n) is 5.85. The lowest BCUT2D eigenvalue weighted by Gasteiger charge is -2.12. The van der Waals surface area contributed by atoms with Gasteiger partial charge in [-0.15, -0.1) is 0 Å². The molecule has 4 aromatic rings. The third-order valence-corrected chi connectivity index (χ3v) is 6.10. The molecule has 0 atom stereocenters. The van der Waals surface area contributed by atoms with Crippen molar-refractivity contribution in [1.29, 1.82) is 0 Å². The van der Waals surface area contributed by atoms with Gasteiger partial charge < -0.3 is 9.88 Å². The van der Waals surface area contributed by atoms with Gasteiger partial charge in [-0.1, -0.05) is 48.6 Å². The second-order valence-electron chi connectivity index (χ2n) is 8.01. The van der Waals surface area contributed by atoms with Gasteiger partial charge in [-0.3, -0.25) is 0 Å². The van der Waals surface area contributed by atoms with Crippen LogP contribution in [0.2, 0.25) is 5.02 Å². The Labute approximate surface area is 187 Å². The first kappa shape index (κ1) is 19.7. The van der Waals surface area contributed by atoms with E-state index in [9.17, 15) is 0 Å². The van der Waals surface area contributed by atoms with E-state index in [1.807, 2.05) is 54.7 Å². The summed E-state index contributed by atoms with van der Waals surface area (Å²) in [6.07, 6.45) is 6.90. The Hall–Kier alpha value is -3.29. The minimum Gasteiger partial charge on any atom is -0.353 e. The van der Waals surface area contributed by atoms with Crippen molar-refractivity contribution in [3.63, 3.8) is 0 Å². The fourth-order valence-corrected chi connectivity index (χ4v) is 4.20. The van der Waals surface area contributed by atoms with Gasteiger partial charge in [0.2, 0.25) is 5.95 Å². The Kier molecular flexibility index (Phi) is 5.36. The number of imidazole rings is 1. The number of nitrogens with zero attached hydrogens (tertiary/aromatic N) is 3. The molecule has 31 heavy (non-hydrogen) atoms. The Morgan fingerprint density at radius 2 is 1.74 bits per heavy atom. The standard InChI is InChI=1S/C26H23ClN4/c1-31-25-15-7-18(16-24(25)30-26(31)29-23-4-2-3-5-23)6-13-22-14-10-20(17-28-22)19-8-11-21(27)12-9-19/h7-12,14-17,23H,2-5H2,1H3,(H,29,30). The van der Waals surface area contributed by atoms with Crippen LogP contribution in [0.5, 0.6) is 0 Å². The number of nitrogens with one attached hydrogen (secondary N) is 1. The number of hydrogen-bond acceptors (Lipinski definition) is 3. The molecule has 0 amide bonds. The number of rotatable bonds is 3. The Morgan fingerprint density at radius 3 is 2.48 bits per heavy atom. The zero-order valence-electron chi connectivity index (χ0n) is 17.4. The number of fused-ring (bicyclic) bond motifs is 1. The quantitative estimate of drug-likeness (QED) is 0.406. The summed E-state index contributed by atoms with van der Waals surface area (Å²) in [6, 6.07) is 18.4. The molecule has 1 aliphatic rings. The van der Waals surface area contributed by atoms with E-state index in [2.05, 4.69) is 39.8 Å². The van der Waals surface area contributed by atoms with Gasteiger partial charge in [0.25, 0.3) is 0 Å². The first-order valence-electron chi connectivity index (χ1n) is 10.6. The minimum atomic E-state index is 0.539. The highest BCUT2D eigenvalue weighted by Gasteiger charge is 2.17. The minimum absolute atomic E-state index is 0.539. The maximum Gasteiger partial charge on any atom is 0.203 e. The van der Waals surface area contributed by atoms with Gasteiger partial charge in [-0.05, 0) is 60.7 Å². The second-order valence-corrected chi connectivity index (χ2v) is 8.45. The normalized spacial score (nSPS) is 13.9. The number of aromatic nitrogens is 3. The predicted octanol–water partition coefficient (Wildman–Crippen LogP) is 6.04. The molecule has 1 saturated carbocycles. The molecule has 0 bridgehead atoms. The van der Waals surface area contributed by atoms with Gasteiger partial charge in [0.15, 0.2) is 0 Å². The molecule has 0 saturated heterocycles. The lowest BCUT2D eigenvalue weighted by atomic mass is 10.1. The van der Waals surface area contributed by atoms with Crippen LogP contribution in [0, 0.1) is 11.8 Å². The Balaban J connectivity index is 1.35. The van der Waals surface area contributed by atoms with Gasteiger partial charge in [-0.2, -0.15) is 0 Å². The number of anilines is 1. The van der Waals surface area contributed by atoms with Crippen LogP contribution in [0.15, 0.2) is 60.8 Å². The van der Waals surface area contributed by atoms with Gasteiger partial charge in [0.1, 0.15) is 5.69 Å². The van der Waals surface area contributed by atoms with Crippen molar-refractivity contribution in [3.8, 4) is 23.0 Å². The molecule has 0 aliphatic heterocycles. The largest absolute Gasteiger partial charge is 0.353 e. The van der Waals surface area contributed by atoms with Crippen LogP contribution in [0.1, 0.15) is 36.9 Å². The van der Waals surface area contributed by atoms with Gasteiger partial charge in [0.05, 0.1) is 11.0 Å². The van der Waals surface area contributed by atoms with Crippen LogP contribution < -0.4 is 5.32 Å². The molecule has 1 fully saturated rings. The summed E-state index contributed by atoms with van der Waals surface area (Å²) in [5, 5.41) is 4.32. The van der Waals surface area contributed by atoms with Gasteiger partial charge in [-0.25, -0.2) is 9.97 Å². The van der Waals surface area contributed by atoms with E-state index in [1.165, 1.54) is 25.7 Å². The monoisotopic (exact) mass is 426 g/mol. The molecule has 4 nitrogen and oxygen atoms in total. The van der Waals surface area contributed by atoms with Crippen LogP contribution in [-0.2, 0) is 7.05 Å². The molecule has 0 unspecified atom stereocenters. The molecule has 0 spiro atoms. The number of hydrogen-bond donors (Lipinski definition) is 1. The summed E-state index contributed by atoms with van der Waals surface area (Å²) in [6.45, 7) is 0. The average Bonchev–Trinajstić information content (AvgIpc) is 3.41. The van der Waals surface area contributed by atoms with Crippen LogP contribution in [-0.4, -0.2) is 20.6 Å². The SMILES string of the molecule is Cn1c(NC2CCCC2)nc2cc(C#Cc3ccc(-c4ccc(Cl)cc4)cn3)ccc21. The van der Waals surface area contributed by atoms with Crippen molar-refractivity contribution in [2.75, 3.05) is 5.32 Å². The molecule has 5 heteroatoms. The summed E-state index contributed by atoms with van der Waals surface area (Å²) in [5.74, 6) is 7.32. The third kappa shape index (κ3) is 4.28. The van der Waals surface area contributed by atoms with Crippen molar-refractivity contribution in [1.82, 2.24) is 14.5 Å². The van der Waals surface area contributed by atoms with E-state index in [1.54, 1.807) is 0 Å². The highest BCUT2D eigenvalue weighted by molar-refractivity contribution is 6.30. The van der Waals surface area contributed by atoms with Gasteiger partial charge >= 0.3 is 0 Å². The smallest absolute Gasteiger partial charge is 0.203 e. The summed E-state index contributed by atoms with van der Waals surface area (Å²) < 4.78 is 2.13. The van der Waals surface area contributed by atoms with Crippen LogP contribution in [0.3, 0.4) is 0 Å². The van der Waals surface area contributed by atoms with Crippen LogP contribution >= 0.6 is 11.6 Å². The molecule has 154 valence electrons. The summed E-state index contributed by atoms with van der Waals surface area (Å²) in [7, 11) is 2.06. The number of aryl methyl sites for hydroxylation is 1. The Morgan fingerprint density at radius 1 is 0.968 bits per heavy atom. The number of halogens is 1. The molecular weight excluding hydrogens is 404 g/mol. The number of benzene rings is 2. The lowest BCUT2D eigenvalue weighted by Crippen LogP contribution is -2.17. The zero-order valence-corrected chi connectivity index (χ0v) is 18.2. The summed E-state index contributed by atoms with van der Waals surface area (Å²) in [5.41, 5.74) is 5.86. The van der Waals surface area contributed by atoms with Crippen molar-refractivity contribution in [2.24, 2.45) is 7.05 Å². The number of pyridine rings is 1. The van der Waals surface area contributed by atoms with E-state index in [4.69, 9.17) is 16.6 Å². The van der Waals surface area contributed by atoms with Gasteiger partial charge in [0, 0.05) is 35.4 Å². The molecule has 2 aromatic heterocycles. The van der Waals surface area contributed by atoms with E-state index >= 15 is 0 Å². The van der Waals surface area contributed by atoms with Crippen LogP contribution in [0.25, 0.3) is 22.2 Å². The molecule has 5 rings (SSSR count). The predicted molar refractivity (Wildman–Crippen MR) is 127 cm³/mol. The zero-order chi connectivity index (χ0) is 21.2. The maximum absolute atomic E-state index is 5.96. The second kappa shape index (κ2) is 8.45. The van der Waals surface area contributed by atoms with Crippen LogP contribution in [0.4, 0.5) is 5.95 Å². The average molecular weight is 427 g/mol. The van der Waals surface area contributed by atoms with E-state index in [0.29, 0.717) is 6.04 Å². The molecule has 0 radical (unpaired) electrons. The first-order chi connectivity index (χ1) is 15.2. The van der Waals surface area contributed by atoms with E-state index in [0.717, 1.165) is 44.4 Å². The fourth-order valence-electron chi connectivity index (χ4n) is 4.08. The topological polar surface area (TPSA) is 42.7 Å². The van der Waals surface area contributed by atoms with E-state index < -0.39 is 0 Å². The molecule has 1 N–H and O–H groups in total. The Bertz CT molecular complexity index is 1270. The molecule has 2 heterocycles. The highest BCUT2D eigenvalue weighted by Crippen LogP contribution is 2.25. The van der Waals surface area contributed by atoms with Crippen molar-refractivity contribution >= 4 is 28.6 Å². The lowest BCUT2D eigenvalue weighted by molar-refractivity contribution is 0.735.